The number of hydrogen-bond donors (Lipinski definition) is 4. The highest BCUT2D eigenvalue weighted by atomic mass is 35.5. The molecular weight excluding hydrogens is 1070 g/mol. The van der Waals surface area contributed by atoms with Gasteiger partial charge >= 0.3 is 17.9 Å². The van der Waals surface area contributed by atoms with Crippen molar-refractivity contribution in [3.63, 3.8) is 0 Å². The van der Waals surface area contributed by atoms with Crippen LogP contribution in [0.4, 0.5) is 0 Å². The van der Waals surface area contributed by atoms with Crippen LogP contribution in [0.1, 0.15) is 65.2 Å². The molecule has 1 unspecified atom stereocenters. The molecule has 80 heavy (non-hydrogen) atoms. The molecule has 2 aromatic heterocycles. The number of aromatic nitrogens is 4. The molecule has 0 spiro atoms. The van der Waals surface area contributed by atoms with Crippen LogP contribution in [0.3, 0.4) is 0 Å². The summed E-state index contributed by atoms with van der Waals surface area (Å²) in [4.78, 5) is 73.1. The Labute approximate surface area is 475 Å². The first-order chi connectivity index (χ1) is 38.3. The number of carbonyl (C=O) groups is 6. The van der Waals surface area contributed by atoms with Crippen LogP contribution in [0.15, 0.2) is 135 Å². The van der Waals surface area contributed by atoms with E-state index in [1.807, 2.05) is 91.0 Å². The molecule has 5 atom stereocenters. The Kier molecular flexibility index (Phi) is 24.9. The minimum Gasteiger partial charge on any atom is -0.479 e. The van der Waals surface area contributed by atoms with Gasteiger partial charge in [-0.1, -0.05) is 141 Å². The van der Waals surface area contributed by atoms with E-state index in [1.165, 1.54) is 22.7 Å². The molecule has 0 fully saturated rings. The predicted molar refractivity (Wildman–Crippen MR) is 304 cm³/mol. The Morgan fingerprint density at radius 2 is 1.20 bits per heavy atom. The number of nitrogens with zero attached hydrogens (tertiary/aromatic N) is 4. The van der Waals surface area contributed by atoms with Gasteiger partial charge in [0.2, 0.25) is 18.6 Å². The van der Waals surface area contributed by atoms with E-state index in [0.29, 0.717) is 34.4 Å². The maximum atomic E-state index is 13.2. The van der Waals surface area contributed by atoms with Crippen molar-refractivity contribution in [1.29, 1.82) is 0 Å². The quantitative estimate of drug-likeness (QED) is 0.00823. The van der Waals surface area contributed by atoms with Crippen LogP contribution in [0, 0.1) is 17.8 Å². The lowest BCUT2D eigenvalue weighted by atomic mass is 9.69. The lowest BCUT2D eigenvalue weighted by molar-refractivity contribution is -0.176. The van der Waals surface area contributed by atoms with E-state index in [0.717, 1.165) is 33.4 Å². The highest BCUT2D eigenvalue weighted by Crippen LogP contribution is 2.28. The number of aliphatic hydroxyl groups is 2. The summed E-state index contributed by atoms with van der Waals surface area (Å²) >= 11 is 12.2. The third-order valence-corrected chi connectivity index (χ3v) is 13.0. The topological polar surface area (TPSA) is 248 Å². The number of nitrogens with one attached hydrogen (secondary N) is 1. The van der Waals surface area contributed by atoms with Crippen LogP contribution in [-0.2, 0) is 55.6 Å². The van der Waals surface area contributed by atoms with E-state index >= 15 is 0 Å². The number of halogens is 2. The standard InChI is InChI=1S/C33H38BClN3O8.C26H27ClN2O5/c1-5-13-44-30-17-28(37-38(30)4)31(41)36-26(14-22-9-11-23(12-10-22)24-7-6-8-25(35)15-24)16-29(40)33(43)46-20-45-32(42)27(21(2)3)18-34-19-39;1-3-11-34-25-16-22(28-29(25)2)23(30)13-18(14-24(31)26(32)33)12-17-7-9-19(10-8-17)20-5-4-6-21(27)15-20/h5-12,15,17,19,21,26-27,29,40H,1,13-14,16,18,20H2,2-4H3,(H,36,41);3-10,15-16,18,24,31H,1,11-14H2,2H3,(H,32,33)/t26-,27?,29-;18-,24+/m10/s1. The van der Waals surface area contributed by atoms with Crippen molar-refractivity contribution in [3.8, 4) is 34.0 Å². The lowest BCUT2D eigenvalue weighted by Gasteiger charge is -2.21. The smallest absolute Gasteiger partial charge is 0.337 e. The highest BCUT2D eigenvalue weighted by molar-refractivity contribution is 6.66. The molecule has 421 valence electrons. The summed E-state index contributed by atoms with van der Waals surface area (Å²) in [6.45, 7) is 10.6. The Morgan fingerprint density at radius 3 is 1.70 bits per heavy atom. The van der Waals surface area contributed by atoms with Gasteiger partial charge in [-0.3, -0.25) is 14.4 Å². The fourth-order valence-electron chi connectivity index (χ4n) is 8.36. The van der Waals surface area contributed by atoms with E-state index < -0.39 is 60.7 Å². The third kappa shape index (κ3) is 19.8. The van der Waals surface area contributed by atoms with Gasteiger partial charge in [0.15, 0.2) is 31.0 Å². The number of rotatable bonds is 30. The van der Waals surface area contributed by atoms with Crippen molar-refractivity contribution < 1.29 is 63.0 Å². The number of carboxylic acid groups (broad SMARTS) is 1. The SMILES string of the molecule is C=CCOc1cc(C(=O)C[C@H](Cc2ccc(-c3cccc(Cl)c3)cc2)C[C@@H](O)C(=O)O)nn1C.C=CCOc1cc(C(=O)N[C@H](Cc2ccc(-c3cccc(Cl)c3)cc2)C[C@@H](O)C(=O)OCOC(=O)C(C[B]C=O)C(C)C)nn1C. The predicted octanol–water partition coefficient (Wildman–Crippen LogP) is 8.60. The average Bonchev–Trinajstić information content (AvgIpc) is 4.00. The van der Waals surface area contributed by atoms with Crippen LogP contribution in [0.5, 0.6) is 11.8 Å². The molecule has 0 aliphatic heterocycles. The largest absolute Gasteiger partial charge is 0.479 e. The van der Waals surface area contributed by atoms with Crippen LogP contribution >= 0.6 is 23.2 Å². The van der Waals surface area contributed by atoms with E-state index in [-0.39, 0.29) is 68.3 Å². The number of Topliss-reactive ketones (excluding diaryl/α,β-unsaturated/α-hetero) is 1. The Morgan fingerprint density at radius 1 is 0.688 bits per heavy atom. The van der Waals surface area contributed by atoms with Gasteiger partial charge in [0.05, 0.1) is 12.1 Å². The molecular formula is C59H65BCl2N5O13. The van der Waals surface area contributed by atoms with Gasteiger partial charge in [-0.05, 0) is 88.7 Å². The molecule has 0 aliphatic rings. The highest BCUT2D eigenvalue weighted by Gasteiger charge is 2.29. The molecule has 4 aromatic carbocycles. The second kappa shape index (κ2) is 31.7. The van der Waals surface area contributed by atoms with Crippen molar-refractivity contribution in [2.45, 2.75) is 70.5 Å². The van der Waals surface area contributed by atoms with Gasteiger partial charge in [-0.15, -0.1) is 0 Å². The number of esters is 2. The lowest BCUT2D eigenvalue weighted by Crippen LogP contribution is -2.41. The van der Waals surface area contributed by atoms with E-state index in [2.05, 4.69) is 28.7 Å². The summed E-state index contributed by atoms with van der Waals surface area (Å²) in [5.74, 6) is -4.06. The molecule has 4 N–H and O–H groups in total. The third-order valence-electron chi connectivity index (χ3n) is 12.5. The molecule has 21 heteroatoms. The number of ether oxygens (including phenoxy) is 4. The first kappa shape index (κ1) is 63.0. The van der Waals surface area contributed by atoms with Gasteiger partial charge in [-0.25, -0.2) is 19.0 Å². The zero-order valence-electron chi connectivity index (χ0n) is 44.9. The number of ketones is 1. The van der Waals surface area contributed by atoms with Crippen molar-refractivity contribution in [2.24, 2.45) is 31.8 Å². The van der Waals surface area contributed by atoms with E-state index in [9.17, 15) is 39.0 Å². The molecule has 6 rings (SSSR count). The van der Waals surface area contributed by atoms with Gasteiger partial charge < -0.3 is 44.4 Å². The van der Waals surface area contributed by atoms with Crippen LogP contribution in [0.25, 0.3) is 22.3 Å². The van der Waals surface area contributed by atoms with Gasteiger partial charge in [0, 0.05) is 55.2 Å². The fraction of sp³-hybridized carbons (Fsp3) is 0.322. The molecule has 1 radical (unpaired) electrons. The maximum absolute atomic E-state index is 13.2. The second-order valence-electron chi connectivity index (χ2n) is 19.0. The number of aliphatic hydroxyl groups excluding tert-OH is 2. The summed E-state index contributed by atoms with van der Waals surface area (Å²) in [7, 11) is 4.62. The normalized spacial score (nSPS) is 12.8. The van der Waals surface area contributed by atoms with Crippen molar-refractivity contribution in [3.05, 3.63) is 167 Å². The number of carbonyl (C=O) groups excluding carboxylic acids is 5. The Balaban J connectivity index is 0.000000307. The molecule has 2 heterocycles. The zero-order chi connectivity index (χ0) is 58.3. The minimum atomic E-state index is -1.64. The summed E-state index contributed by atoms with van der Waals surface area (Å²) in [6, 6.07) is 32.7. The van der Waals surface area contributed by atoms with Crippen LogP contribution in [-0.4, -0.2) is 116 Å². The molecule has 0 bridgehead atoms. The van der Waals surface area contributed by atoms with Crippen LogP contribution < -0.4 is 14.8 Å². The summed E-state index contributed by atoms with van der Waals surface area (Å²) in [6.07, 6.45) is 1.23. The minimum absolute atomic E-state index is 0.0400. The van der Waals surface area contributed by atoms with E-state index in [4.69, 9.17) is 47.3 Å². The molecule has 0 aliphatic carbocycles. The summed E-state index contributed by atoms with van der Waals surface area (Å²) < 4.78 is 23.9. The van der Waals surface area contributed by atoms with E-state index in [1.54, 1.807) is 52.2 Å². The Hall–Kier alpha value is -7.84. The monoisotopic (exact) mass is 1130 g/mol. The fourth-order valence-corrected chi connectivity index (χ4v) is 8.74. The van der Waals surface area contributed by atoms with Gasteiger partial charge in [0.25, 0.3) is 5.91 Å². The maximum Gasteiger partial charge on any atom is 0.337 e. The second-order valence-corrected chi connectivity index (χ2v) is 19.9. The molecule has 18 nitrogen and oxygen atoms in total. The van der Waals surface area contributed by atoms with Crippen molar-refractivity contribution >= 4 is 66.3 Å². The summed E-state index contributed by atoms with van der Waals surface area (Å²) in [5, 5.41) is 42.4. The zero-order valence-corrected chi connectivity index (χ0v) is 46.4. The number of aliphatic carboxylic acids is 1. The van der Waals surface area contributed by atoms with Gasteiger partial charge in [-0.2, -0.15) is 10.2 Å². The molecule has 0 saturated carbocycles. The number of carboxylic acids is 1. The molecule has 1 amide bonds. The first-order valence-corrected chi connectivity index (χ1v) is 26.3. The number of amides is 1. The Bertz CT molecular complexity index is 3060. The average molecular weight is 1130 g/mol. The number of aryl methyl sites for hydroxylation is 2. The van der Waals surface area contributed by atoms with Crippen molar-refractivity contribution in [2.75, 3.05) is 20.0 Å². The molecule has 6 aromatic rings. The van der Waals surface area contributed by atoms with Crippen LogP contribution in [0.2, 0.25) is 16.4 Å². The molecule has 0 saturated heterocycles. The first-order valence-electron chi connectivity index (χ1n) is 25.6. The summed E-state index contributed by atoms with van der Waals surface area (Å²) in [5.41, 5.74) is 5.92. The van der Waals surface area contributed by atoms with Crippen molar-refractivity contribution in [1.82, 2.24) is 24.9 Å². The van der Waals surface area contributed by atoms with Gasteiger partial charge in [0.1, 0.15) is 18.9 Å². The number of benzene rings is 4. The number of hydrogen-bond acceptors (Lipinski definition) is 14.